The zero-order valence-corrected chi connectivity index (χ0v) is 8.69. The number of phosphoric ester groups is 1. The fourth-order valence-electron chi connectivity index (χ4n) is 0.839. The van der Waals surface area contributed by atoms with Gasteiger partial charge in [0.2, 0.25) is 0 Å². The molecule has 0 aliphatic rings. The van der Waals surface area contributed by atoms with E-state index in [1.165, 1.54) is 0 Å². The van der Waals surface area contributed by atoms with E-state index >= 15 is 0 Å². The van der Waals surface area contributed by atoms with Gasteiger partial charge in [-0.1, -0.05) is 0 Å². The average Bonchev–Trinajstić information content (AvgIpc) is 2.11. The van der Waals surface area contributed by atoms with E-state index in [0.717, 1.165) is 6.92 Å². The van der Waals surface area contributed by atoms with E-state index in [0.29, 0.717) is 0 Å². The molecular formula is C6H13O8P. The first-order valence-electron chi connectivity index (χ1n) is 3.92. The molecule has 0 saturated heterocycles. The Balaban J connectivity index is 4.37. The van der Waals surface area contributed by atoms with Gasteiger partial charge in [-0.15, -0.1) is 0 Å². The summed E-state index contributed by atoms with van der Waals surface area (Å²) in [6.07, 6.45) is -6.96. The van der Waals surface area contributed by atoms with Gasteiger partial charge in [-0.25, -0.2) is 4.57 Å². The molecule has 9 heteroatoms. The van der Waals surface area contributed by atoms with E-state index < -0.39 is 32.2 Å². The summed E-state index contributed by atoms with van der Waals surface area (Å²) in [5, 5.41) is 27.1. The summed E-state index contributed by atoms with van der Waals surface area (Å²) in [4.78, 5) is 26.8. The summed E-state index contributed by atoms with van der Waals surface area (Å²) in [6, 6.07) is 0. The Kier molecular flexibility index (Phi) is 5.54. The summed E-state index contributed by atoms with van der Waals surface area (Å²) in [5.74, 6) is 0. The molecule has 0 aromatic carbocycles. The van der Waals surface area contributed by atoms with Crippen LogP contribution in [0, 0.1) is 0 Å². The van der Waals surface area contributed by atoms with Crippen LogP contribution in [0.1, 0.15) is 6.92 Å². The van der Waals surface area contributed by atoms with Gasteiger partial charge >= 0.3 is 7.82 Å². The highest BCUT2D eigenvalue weighted by molar-refractivity contribution is 7.46. The van der Waals surface area contributed by atoms with Gasteiger partial charge in [-0.2, -0.15) is 0 Å². The molecule has 0 aliphatic heterocycles. The predicted octanol–water partition coefficient (Wildman–Crippen LogP) is -2.23. The second-order valence-electron chi connectivity index (χ2n) is 2.91. The van der Waals surface area contributed by atoms with Crippen molar-refractivity contribution in [1.82, 2.24) is 0 Å². The highest BCUT2D eigenvalue weighted by Crippen LogP contribution is 2.38. The molecular weight excluding hydrogens is 231 g/mol. The van der Waals surface area contributed by atoms with E-state index in [1.54, 1.807) is 0 Å². The van der Waals surface area contributed by atoms with E-state index in [1.807, 2.05) is 0 Å². The number of aliphatic hydroxyl groups is 3. The highest BCUT2D eigenvalue weighted by Gasteiger charge is 2.32. The van der Waals surface area contributed by atoms with Crippen molar-refractivity contribution in [3.8, 4) is 0 Å². The summed E-state index contributed by atoms with van der Waals surface area (Å²) in [7, 11) is -4.80. The Morgan fingerprint density at radius 1 is 1.20 bits per heavy atom. The minimum Gasteiger partial charge on any atom is -0.388 e. The van der Waals surface area contributed by atoms with Gasteiger partial charge in [0.05, 0.1) is 6.10 Å². The van der Waals surface area contributed by atoms with Crippen LogP contribution in [0.5, 0.6) is 0 Å². The van der Waals surface area contributed by atoms with Crippen LogP contribution >= 0.6 is 7.82 Å². The van der Waals surface area contributed by atoms with Crippen molar-refractivity contribution in [3.05, 3.63) is 0 Å². The van der Waals surface area contributed by atoms with Crippen molar-refractivity contribution < 1.29 is 39.0 Å². The lowest BCUT2D eigenvalue weighted by Crippen LogP contribution is -2.44. The standard InChI is InChI=1S/C6H13O8P/c1-3(14-15(11,12)13)5(9)6(10)4(8)2-7/h2-6,8-10H,1H3,(H2,11,12,13)/t3-,4-,5-,6-/m0/s1. The normalized spacial score (nSPS) is 20.4. The lowest BCUT2D eigenvalue weighted by molar-refractivity contribution is -0.131. The van der Waals surface area contributed by atoms with E-state index in [-0.39, 0.29) is 6.29 Å². The molecule has 0 saturated carbocycles. The van der Waals surface area contributed by atoms with Crippen LogP contribution < -0.4 is 0 Å². The number of hydrogen-bond acceptors (Lipinski definition) is 6. The Hall–Kier alpha value is -0.340. The Bertz CT molecular complexity index is 250. The molecule has 0 aromatic rings. The second-order valence-corrected chi connectivity index (χ2v) is 4.10. The molecule has 0 radical (unpaired) electrons. The Labute approximate surface area is 85.4 Å². The Morgan fingerprint density at radius 3 is 2.00 bits per heavy atom. The molecule has 0 rings (SSSR count). The monoisotopic (exact) mass is 244 g/mol. The molecule has 0 bridgehead atoms. The van der Waals surface area contributed by atoms with Gasteiger partial charge in [0, 0.05) is 0 Å². The zero-order chi connectivity index (χ0) is 12.2. The zero-order valence-electron chi connectivity index (χ0n) is 7.79. The fraction of sp³-hybridized carbons (Fsp3) is 0.833. The van der Waals surface area contributed by atoms with Crippen molar-refractivity contribution in [2.24, 2.45) is 0 Å². The van der Waals surface area contributed by atoms with E-state index in [2.05, 4.69) is 4.52 Å². The number of phosphoric acid groups is 1. The van der Waals surface area contributed by atoms with Crippen molar-refractivity contribution >= 4 is 14.1 Å². The molecule has 0 heterocycles. The lowest BCUT2D eigenvalue weighted by Gasteiger charge is -2.24. The SMILES string of the molecule is C[C@H](OP(=O)(O)O)[C@H](O)[C@@H](O)[C@@H](O)C=O. The topological polar surface area (TPSA) is 145 Å². The van der Waals surface area contributed by atoms with Gasteiger partial charge in [-0.3, -0.25) is 4.52 Å². The molecule has 0 amide bonds. The molecule has 15 heavy (non-hydrogen) atoms. The largest absolute Gasteiger partial charge is 0.469 e. The molecule has 4 atom stereocenters. The van der Waals surface area contributed by atoms with Gasteiger partial charge in [0.1, 0.15) is 18.3 Å². The maximum absolute atomic E-state index is 10.4. The van der Waals surface area contributed by atoms with Crippen LogP contribution in [0.4, 0.5) is 0 Å². The fourth-order valence-corrected chi connectivity index (χ4v) is 1.40. The highest BCUT2D eigenvalue weighted by atomic mass is 31.2. The maximum Gasteiger partial charge on any atom is 0.469 e. The van der Waals surface area contributed by atoms with Crippen molar-refractivity contribution in [2.45, 2.75) is 31.3 Å². The third kappa shape index (κ3) is 5.33. The third-order valence-corrected chi connectivity index (χ3v) is 2.23. The van der Waals surface area contributed by atoms with Gasteiger partial charge in [0.15, 0.2) is 6.29 Å². The quantitative estimate of drug-likeness (QED) is 0.260. The number of carbonyl (C=O) groups excluding carboxylic acids is 1. The predicted molar refractivity (Wildman–Crippen MR) is 46.7 cm³/mol. The molecule has 5 N–H and O–H groups in total. The first-order chi connectivity index (χ1) is 6.69. The molecule has 8 nitrogen and oxygen atoms in total. The van der Waals surface area contributed by atoms with Gasteiger partial charge in [0.25, 0.3) is 0 Å². The minimum atomic E-state index is -4.80. The first kappa shape index (κ1) is 14.7. The summed E-state index contributed by atoms with van der Waals surface area (Å²) in [5.41, 5.74) is 0. The Morgan fingerprint density at radius 2 is 1.67 bits per heavy atom. The van der Waals surface area contributed by atoms with Crippen LogP contribution in [-0.4, -0.2) is 55.8 Å². The van der Waals surface area contributed by atoms with Crippen LogP contribution in [0.15, 0.2) is 0 Å². The van der Waals surface area contributed by atoms with Crippen molar-refractivity contribution in [1.29, 1.82) is 0 Å². The molecule has 0 fully saturated rings. The third-order valence-electron chi connectivity index (χ3n) is 1.62. The number of aliphatic hydroxyl groups excluding tert-OH is 3. The second kappa shape index (κ2) is 5.66. The maximum atomic E-state index is 10.4. The molecule has 0 aromatic heterocycles. The summed E-state index contributed by atoms with van der Waals surface area (Å²) >= 11 is 0. The molecule has 0 unspecified atom stereocenters. The van der Waals surface area contributed by atoms with Crippen LogP contribution in [0.3, 0.4) is 0 Å². The molecule has 0 spiro atoms. The summed E-state index contributed by atoms with van der Waals surface area (Å²) in [6.45, 7) is 1.07. The van der Waals surface area contributed by atoms with Gasteiger partial charge in [-0.05, 0) is 6.92 Å². The van der Waals surface area contributed by atoms with Crippen LogP contribution in [0.2, 0.25) is 0 Å². The number of hydrogen-bond donors (Lipinski definition) is 5. The van der Waals surface area contributed by atoms with E-state index in [4.69, 9.17) is 20.0 Å². The number of aldehydes is 1. The number of rotatable bonds is 6. The van der Waals surface area contributed by atoms with E-state index in [9.17, 15) is 14.5 Å². The first-order valence-corrected chi connectivity index (χ1v) is 5.45. The van der Waals surface area contributed by atoms with Crippen LogP contribution in [-0.2, 0) is 13.9 Å². The van der Waals surface area contributed by atoms with Gasteiger partial charge < -0.3 is 29.9 Å². The van der Waals surface area contributed by atoms with Crippen LogP contribution in [0.25, 0.3) is 0 Å². The molecule has 0 aliphatic carbocycles. The minimum absolute atomic E-state index is 0.0158. The smallest absolute Gasteiger partial charge is 0.388 e. The van der Waals surface area contributed by atoms with Crippen molar-refractivity contribution in [2.75, 3.05) is 0 Å². The van der Waals surface area contributed by atoms with Crippen molar-refractivity contribution in [3.63, 3.8) is 0 Å². The lowest BCUT2D eigenvalue weighted by atomic mass is 10.1. The number of carbonyl (C=O) groups is 1. The molecule has 90 valence electrons. The summed E-state index contributed by atoms with van der Waals surface area (Å²) < 4.78 is 14.4. The average molecular weight is 244 g/mol.